The Bertz CT molecular complexity index is 1770. The van der Waals surface area contributed by atoms with Crippen LogP contribution in [0, 0.1) is 0 Å². The van der Waals surface area contributed by atoms with E-state index in [0.29, 0.717) is 21.5 Å². The molecule has 0 spiro atoms. The first kappa shape index (κ1) is 38.5. The molecule has 0 atom stereocenters. The zero-order valence-electron chi connectivity index (χ0n) is 30.8. The molecule has 2 N–H and O–H groups in total. The molecule has 270 valence electrons. The van der Waals surface area contributed by atoms with Gasteiger partial charge < -0.3 is 9.97 Å². The average molecular weight is 713 g/mol. The number of para-hydroxylation sites is 2. The first-order valence-electron chi connectivity index (χ1n) is 20.0. The van der Waals surface area contributed by atoms with Gasteiger partial charge in [0.1, 0.15) is 0 Å². The smallest absolute Gasteiger partial charge is 0.197 e. The Morgan fingerprint density at radius 1 is 0.440 bits per heavy atom. The highest BCUT2D eigenvalue weighted by molar-refractivity contribution is 7.99. The molecule has 0 saturated heterocycles. The van der Waals surface area contributed by atoms with Crippen molar-refractivity contribution >= 4 is 67.1 Å². The molecule has 5 aromatic rings. The predicted molar refractivity (Wildman–Crippen MR) is 223 cm³/mol. The zero-order chi connectivity index (χ0) is 35.0. The quantitative estimate of drug-likeness (QED) is 0.0380. The van der Waals surface area contributed by atoms with E-state index in [-0.39, 0.29) is 10.9 Å². The van der Waals surface area contributed by atoms with Gasteiger partial charge in [0, 0.05) is 31.3 Å². The van der Waals surface area contributed by atoms with Crippen LogP contribution in [0.15, 0.2) is 67.9 Å². The number of H-pyrrole nitrogens is 2. The maximum absolute atomic E-state index is 13.9. The first-order chi connectivity index (χ1) is 24.6. The van der Waals surface area contributed by atoms with Crippen LogP contribution in [-0.4, -0.2) is 21.5 Å². The molecule has 50 heavy (non-hydrogen) atoms. The molecule has 0 fully saturated rings. The van der Waals surface area contributed by atoms with Crippen LogP contribution in [0.1, 0.15) is 142 Å². The second-order valence-electron chi connectivity index (χ2n) is 14.3. The van der Waals surface area contributed by atoms with Gasteiger partial charge in [-0.1, -0.05) is 142 Å². The van der Waals surface area contributed by atoms with Crippen molar-refractivity contribution in [2.24, 2.45) is 0 Å². The van der Waals surface area contributed by atoms with Gasteiger partial charge in [-0.2, -0.15) is 0 Å². The second-order valence-corrected chi connectivity index (χ2v) is 16.5. The highest BCUT2D eigenvalue weighted by atomic mass is 32.2. The fourth-order valence-electron chi connectivity index (χ4n) is 7.22. The lowest BCUT2D eigenvalue weighted by Crippen LogP contribution is -2.09. The molecule has 0 radical (unpaired) electrons. The molecule has 5 rings (SSSR count). The third kappa shape index (κ3) is 10.7. The van der Waals surface area contributed by atoms with Gasteiger partial charge in [-0.15, -0.1) is 23.5 Å². The van der Waals surface area contributed by atoms with Crippen LogP contribution in [0.25, 0.3) is 43.6 Å². The van der Waals surface area contributed by atoms with Gasteiger partial charge in [0.25, 0.3) is 0 Å². The first-order valence-corrected chi connectivity index (χ1v) is 21.9. The number of hydrogen-bond acceptors (Lipinski definition) is 4. The van der Waals surface area contributed by atoms with Crippen LogP contribution in [0.4, 0.5) is 0 Å². The molecule has 2 heterocycles. The monoisotopic (exact) mass is 712 g/mol. The van der Waals surface area contributed by atoms with Crippen LogP contribution in [-0.2, 0) is 0 Å². The molecule has 0 aliphatic heterocycles. The van der Waals surface area contributed by atoms with E-state index >= 15 is 0 Å². The molecule has 0 saturated carbocycles. The summed E-state index contributed by atoms with van der Waals surface area (Å²) in [5, 5.41) is 2.65. The topological polar surface area (TPSA) is 65.7 Å². The number of hydrogen-bond donors (Lipinski definition) is 2. The van der Waals surface area contributed by atoms with Crippen LogP contribution in [0.3, 0.4) is 0 Å². The lowest BCUT2D eigenvalue weighted by molar-refractivity contribution is 0.563. The summed E-state index contributed by atoms with van der Waals surface area (Å²) < 4.78 is 0. The van der Waals surface area contributed by atoms with Gasteiger partial charge in [-0.25, -0.2) is 0 Å². The third-order valence-electron chi connectivity index (χ3n) is 10.2. The van der Waals surface area contributed by atoms with Gasteiger partial charge in [0.2, 0.25) is 0 Å². The molecule has 6 heteroatoms. The number of thioether (sulfide) groups is 2. The molecular weight excluding hydrogens is 653 g/mol. The number of rotatable bonds is 24. The fourth-order valence-corrected chi connectivity index (χ4v) is 9.32. The van der Waals surface area contributed by atoms with Crippen LogP contribution in [0.5, 0.6) is 0 Å². The number of benzene rings is 3. The van der Waals surface area contributed by atoms with Gasteiger partial charge in [-0.3, -0.25) is 9.59 Å². The number of nitrogens with one attached hydrogen (secondary N) is 2. The molecule has 0 amide bonds. The second kappa shape index (κ2) is 21.0. The van der Waals surface area contributed by atoms with E-state index in [1.165, 1.54) is 128 Å². The summed E-state index contributed by atoms with van der Waals surface area (Å²) >= 11 is 3.66. The van der Waals surface area contributed by atoms with Crippen molar-refractivity contribution in [1.29, 1.82) is 0 Å². The Morgan fingerprint density at radius 2 is 0.780 bits per heavy atom. The van der Waals surface area contributed by atoms with Crippen molar-refractivity contribution in [1.82, 2.24) is 9.97 Å². The standard InChI is InChI=1S/C44H60N2O2S2/c1-3-5-7-9-11-13-15-17-19-21-29-49-39-27-23-25-33-41(39)45-37-31-36-38(32-35(37)43(33)47)46-42-34(44(36)48)26-24-28-40(42)50-30-22-20-18-16-14-12-10-8-6-4-2/h23-28,31-32H,3-22,29-30H2,1-2H3,(H,45,47)(H,46,48). The largest absolute Gasteiger partial charge is 0.353 e. The van der Waals surface area contributed by atoms with Crippen LogP contribution < -0.4 is 10.9 Å². The lowest BCUT2D eigenvalue weighted by Gasteiger charge is -2.11. The number of aromatic amines is 2. The highest BCUT2D eigenvalue weighted by Gasteiger charge is 2.14. The Hall–Kier alpha value is -2.70. The van der Waals surface area contributed by atoms with Crippen molar-refractivity contribution in [3.05, 3.63) is 69.0 Å². The maximum atomic E-state index is 13.9. The van der Waals surface area contributed by atoms with E-state index < -0.39 is 0 Å². The molecular formula is C44H60N2O2S2. The average Bonchev–Trinajstić information content (AvgIpc) is 3.13. The van der Waals surface area contributed by atoms with Crippen LogP contribution >= 0.6 is 23.5 Å². The van der Waals surface area contributed by atoms with Crippen molar-refractivity contribution in [2.75, 3.05) is 11.5 Å². The van der Waals surface area contributed by atoms with E-state index in [2.05, 4.69) is 35.9 Å². The summed E-state index contributed by atoms with van der Waals surface area (Å²) in [6.07, 6.45) is 26.6. The number of pyridine rings is 2. The van der Waals surface area contributed by atoms with E-state index in [1.807, 2.05) is 59.9 Å². The fraction of sp³-hybridized carbons (Fsp3) is 0.545. The Kier molecular flexibility index (Phi) is 16.2. The van der Waals surface area contributed by atoms with E-state index in [4.69, 9.17) is 0 Å². The normalized spacial score (nSPS) is 11.9. The Balaban J connectivity index is 1.23. The highest BCUT2D eigenvalue weighted by Crippen LogP contribution is 2.31. The van der Waals surface area contributed by atoms with Crippen molar-refractivity contribution in [3.63, 3.8) is 0 Å². The van der Waals surface area contributed by atoms with Crippen molar-refractivity contribution < 1.29 is 0 Å². The Morgan fingerprint density at radius 3 is 1.14 bits per heavy atom. The summed E-state index contributed by atoms with van der Waals surface area (Å²) in [4.78, 5) is 37.1. The molecule has 3 aromatic carbocycles. The minimum absolute atomic E-state index is 0.0154. The van der Waals surface area contributed by atoms with Crippen molar-refractivity contribution in [3.8, 4) is 0 Å². The van der Waals surface area contributed by atoms with Gasteiger partial charge >= 0.3 is 0 Å². The van der Waals surface area contributed by atoms with Crippen LogP contribution in [0.2, 0.25) is 0 Å². The van der Waals surface area contributed by atoms with E-state index in [9.17, 15) is 9.59 Å². The molecule has 0 aliphatic carbocycles. The number of unbranched alkanes of at least 4 members (excludes halogenated alkanes) is 18. The number of fused-ring (bicyclic) bond motifs is 4. The van der Waals surface area contributed by atoms with E-state index in [0.717, 1.165) is 43.4 Å². The summed E-state index contributed by atoms with van der Waals surface area (Å²) in [6.45, 7) is 4.55. The SMILES string of the molecule is CCCCCCCCCCCCSc1cccc2c(=O)c3cc4[nH]c5c(SCCCCCCCCCCCC)cccc5c(=O)c4cc3[nH]c12. The maximum Gasteiger partial charge on any atom is 0.197 e. The number of aromatic nitrogens is 2. The summed E-state index contributed by atoms with van der Waals surface area (Å²) in [5.74, 6) is 2.08. The van der Waals surface area contributed by atoms with E-state index in [1.54, 1.807) is 0 Å². The molecule has 0 bridgehead atoms. The Labute approximate surface area is 308 Å². The molecule has 0 aliphatic rings. The minimum Gasteiger partial charge on any atom is -0.353 e. The third-order valence-corrected chi connectivity index (χ3v) is 12.5. The molecule has 2 aromatic heterocycles. The predicted octanol–water partition coefficient (Wildman–Crippen LogP) is 13.7. The minimum atomic E-state index is 0.0154. The van der Waals surface area contributed by atoms with Gasteiger partial charge in [0.15, 0.2) is 10.9 Å². The summed E-state index contributed by atoms with van der Waals surface area (Å²) in [6, 6.07) is 15.8. The summed E-state index contributed by atoms with van der Waals surface area (Å²) in [5.41, 5.74) is 3.23. The lowest BCUT2D eigenvalue weighted by atomic mass is 10.1. The molecule has 4 nitrogen and oxygen atoms in total. The van der Waals surface area contributed by atoms with Gasteiger partial charge in [0.05, 0.1) is 22.1 Å². The van der Waals surface area contributed by atoms with Gasteiger partial charge in [-0.05, 0) is 60.7 Å². The molecule has 0 unspecified atom stereocenters. The van der Waals surface area contributed by atoms with Crippen molar-refractivity contribution in [2.45, 2.75) is 152 Å². The summed E-state index contributed by atoms with van der Waals surface area (Å²) in [7, 11) is 0. The zero-order valence-corrected chi connectivity index (χ0v) is 32.4.